The van der Waals surface area contributed by atoms with Gasteiger partial charge in [0, 0.05) is 33.7 Å². The molecule has 0 radical (unpaired) electrons. The van der Waals surface area contributed by atoms with Gasteiger partial charge in [0.05, 0.1) is 18.0 Å². The zero-order valence-electron chi connectivity index (χ0n) is 16.6. The minimum absolute atomic E-state index is 0. The molecule has 5 rings (SSSR count). The van der Waals surface area contributed by atoms with Gasteiger partial charge < -0.3 is 20.3 Å². The van der Waals surface area contributed by atoms with Gasteiger partial charge in [0.25, 0.3) is 0 Å². The monoisotopic (exact) mass is 430 g/mol. The summed E-state index contributed by atoms with van der Waals surface area (Å²) in [6, 6.07) is 22.3. The van der Waals surface area contributed by atoms with E-state index in [1.54, 1.807) is 18.2 Å². The Labute approximate surface area is 184 Å². The number of methoxy groups -OCH3 is 1. The molecule has 1 aliphatic carbocycles. The summed E-state index contributed by atoms with van der Waals surface area (Å²) < 4.78 is 11.3. The van der Waals surface area contributed by atoms with E-state index in [0.29, 0.717) is 28.0 Å². The number of benzene rings is 4. The van der Waals surface area contributed by atoms with Crippen LogP contribution in [-0.2, 0) is 4.74 Å². The van der Waals surface area contributed by atoms with E-state index in [9.17, 15) is 4.79 Å². The summed E-state index contributed by atoms with van der Waals surface area (Å²) in [6.07, 6.45) is 0. The van der Waals surface area contributed by atoms with Crippen LogP contribution in [-0.4, -0.2) is 13.1 Å². The maximum absolute atomic E-state index is 12.5. The van der Waals surface area contributed by atoms with E-state index < -0.39 is 5.97 Å². The van der Waals surface area contributed by atoms with Crippen molar-refractivity contribution in [2.45, 2.75) is 0 Å². The minimum Gasteiger partial charge on any atom is -0.465 e. The Kier molecular flexibility index (Phi) is 5.13. The number of carbonyl (C=O) groups excluding carboxylic acids is 1. The van der Waals surface area contributed by atoms with Gasteiger partial charge in [0.2, 0.25) is 0 Å². The number of ether oxygens (including phenoxy) is 1. The lowest BCUT2D eigenvalue weighted by Gasteiger charge is -2.18. The third-order valence-electron chi connectivity index (χ3n) is 5.36. The van der Waals surface area contributed by atoms with Crippen LogP contribution in [0.3, 0.4) is 0 Å². The largest absolute Gasteiger partial charge is 0.465 e. The Bertz CT molecular complexity index is 1490. The number of hydrogen-bond donors (Lipinski definition) is 2. The minimum atomic E-state index is -0.412. The fraction of sp³-hybridized carbons (Fsp3) is 0.0400. The lowest BCUT2D eigenvalue weighted by Crippen LogP contribution is -2.05. The van der Waals surface area contributed by atoms with E-state index in [1.165, 1.54) is 7.11 Å². The van der Waals surface area contributed by atoms with Crippen LogP contribution in [0.25, 0.3) is 44.2 Å². The molecule has 0 aromatic heterocycles. The Hall–Kier alpha value is -3.83. The highest BCUT2D eigenvalue weighted by atomic mass is 35.5. The molecular weight excluding hydrogens is 412 g/mol. The van der Waals surface area contributed by atoms with Crippen molar-refractivity contribution in [2.75, 3.05) is 12.8 Å². The molecule has 0 amide bonds. The van der Waals surface area contributed by atoms with E-state index in [4.69, 9.17) is 20.3 Å². The van der Waals surface area contributed by atoms with Gasteiger partial charge in [0.1, 0.15) is 11.3 Å². The average molecular weight is 431 g/mol. The first-order valence-electron chi connectivity index (χ1n) is 9.48. The lowest BCUT2D eigenvalue weighted by molar-refractivity contribution is 0.0601. The van der Waals surface area contributed by atoms with E-state index in [-0.39, 0.29) is 12.4 Å². The van der Waals surface area contributed by atoms with E-state index in [0.717, 1.165) is 32.8 Å². The number of nitrogen functional groups attached to an aromatic ring is 1. The van der Waals surface area contributed by atoms with Gasteiger partial charge >= 0.3 is 5.97 Å². The first kappa shape index (κ1) is 20.4. The van der Waals surface area contributed by atoms with Crippen molar-refractivity contribution < 1.29 is 13.9 Å². The van der Waals surface area contributed by atoms with Crippen LogP contribution in [0.1, 0.15) is 10.4 Å². The molecule has 0 saturated heterocycles. The van der Waals surface area contributed by atoms with Crippen LogP contribution in [0.5, 0.6) is 0 Å². The number of rotatable bonds is 2. The fourth-order valence-corrected chi connectivity index (χ4v) is 4.02. The van der Waals surface area contributed by atoms with Crippen molar-refractivity contribution >= 4 is 45.8 Å². The number of esters is 1. The van der Waals surface area contributed by atoms with Crippen molar-refractivity contribution in [3.63, 3.8) is 0 Å². The first-order valence-corrected chi connectivity index (χ1v) is 9.48. The zero-order chi connectivity index (χ0) is 20.8. The van der Waals surface area contributed by atoms with Crippen molar-refractivity contribution in [1.82, 2.24) is 0 Å². The van der Waals surface area contributed by atoms with Crippen molar-refractivity contribution in [3.05, 3.63) is 83.7 Å². The van der Waals surface area contributed by atoms with Crippen LogP contribution in [0.15, 0.2) is 77.2 Å². The fourth-order valence-electron chi connectivity index (χ4n) is 4.02. The Morgan fingerprint density at radius 3 is 2.58 bits per heavy atom. The van der Waals surface area contributed by atoms with Crippen LogP contribution < -0.4 is 11.1 Å². The van der Waals surface area contributed by atoms with Crippen molar-refractivity contribution in [3.8, 4) is 22.5 Å². The molecule has 31 heavy (non-hydrogen) atoms. The quantitative estimate of drug-likeness (QED) is 0.164. The SMILES string of the molecule is COC(=O)c1ccccc1-c1c2ccc(=N)cc-2oc2c1ccc1cccc(N)c12.Cl. The number of carbonyl (C=O) groups is 1. The predicted octanol–water partition coefficient (Wildman–Crippen LogP) is 5.63. The number of nitrogens with two attached hydrogens (primary N) is 1. The normalized spacial score (nSPS) is 10.9. The molecule has 3 aromatic carbocycles. The second kappa shape index (κ2) is 7.78. The standard InChI is InChI=1S/C25H18N2O3.ClH/c1-29-25(28)17-7-3-2-6-16(17)23-18-12-10-15(26)13-21(18)30-24-19(23)11-9-14-5-4-8-20(27)22(14)24;/h2-13,26H,27H2,1H3;1H. The first-order chi connectivity index (χ1) is 14.6. The molecule has 1 aliphatic heterocycles. The molecule has 154 valence electrons. The Balaban J connectivity index is 0.00000231. The van der Waals surface area contributed by atoms with Gasteiger partial charge in [-0.3, -0.25) is 0 Å². The molecule has 0 atom stereocenters. The number of anilines is 1. The van der Waals surface area contributed by atoms with Crippen LogP contribution in [0, 0.1) is 5.41 Å². The second-order valence-corrected chi connectivity index (χ2v) is 7.11. The van der Waals surface area contributed by atoms with Crippen LogP contribution in [0.4, 0.5) is 5.69 Å². The molecule has 0 fully saturated rings. The highest BCUT2D eigenvalue weighted by Gasteiger charge is 2.22. The third kappa shape index (κ3) is 3.20. The third-order valence-corrected chi connectivity index (χ3v) is 5.36. The van der Waals surface area contributed by atoms with Crippen LogP contribution >= 0.6 is 12.4 Å². The molecule has 5 nitrogen and oxygen atoms in total. The summed E-state index contributed by atoms with van der Waals surface area (Å²) in [7, 11) is 1.37. The van der Waals surface area contributed by atoms with Crippen LogP contribution in [0.2, 0.25) is 0 Å². The molecule has 2 aliphatic rings. The summed E-state index contributed by atoms with van der Waals surface area (Å²) in [5.74, 6) is 0.144. The summed E-state index contributed by atoms with van der Waals surface area (Å²) in [5.41, 5.74) is 10.4. The van der Waals surface area contributed by atoms with Gasteiger partial charge in [-0.1, -0.05) is 36.4 Å². The zero-order valence-corrected chi connectivity index (χ0v) is 17.5. The molecule has 0 unspecified atom stereocenters. The van der Waals surface area contributed by atoms with Gasteiger partial charge in [-0.15, -0.1) is 12.4 Å². The van der Waals surface area contributed by atoms with E-state index in [2.05, 4.69) is 0 Å². The summed E-state index contributed by atoms with van der Waals surface area (Å²) in [6.45, 7) is 0. The number of nitrogens with one attached hydrogen (secondary N) is 1. The number of halogens is 1. The number of fused-ring (bicyclic) bond motifs is 4. The Morgan fingerprint density at radius 2 is 1.77 bits per heavy atom. The molecule has 1 heterocycles. The molecular formula is C25H19ClN2O3. The lowest BCUT2D eigenvalue weighted by atomic mass is 9.89. The van der Waals surface area contributed by atoms with Gasteiger partial charge in [0.15, 0.2) is 0 Å². The predicted molar refractivity (Wildman–Crippen MR) is 125 cm³/mol. The molecule has 3 aromatic rings. The molecule has 3 N–H and O–H groups in total. The summed E-state index contributed by atoms with van der Waals surface area (Å²) in [5, 5.41) is 11.0. The number of hydrogen-bond acceptors (Lipinski definition) is 5. The summed E-state index contributed by atoms with van der Waals surface area (Å²) >= 11 is 0. The molecule has 0 saturated carbocycles. The Morgan fingerprint density at radius 1 is 0.968 bits per heavy atom. The van der Waals surface area contributed by atoms with E-state index in [1.807, 2.05) is 54.6 Å². The van der Waals surface area contributed by atoms with Crippen molar-refractivity contribution in [1.29, 1.82) is 5.41 Å². The maximum atomic E-state index is 12.5. The van der Waals surface area contributed by atoms with Gasteiger partial charge in [-0.2, -0.15) is 0 Å². The highest BCUT2D eigenvalue weighted by Crippen LogP contribution is 2.44. The summed E-state index contributed by atoms with van der Waals surface area (Å²) in [4.78, 5) is 12.5. The average Bonchev–Trinajstić information content (AvgIpc) is 2.76. The van der Waals surface area contributed by atoms with E-state index >= 15 is 0 Å². The smallest absolute Gasteiger partial charge is 0.338 e. The second-order valence-electron chi connectivity index (χ2n) is 7.11. The molecule has 6 heteroatoms. The van der Waals surface area contributed by atoms with Crippen molar-refractivity contribution in [2.24, 2.45) is 0 Å². The maximum Gasteiger partial charge on any atom is 0.338 e. The van der Waals surface area contributed by atoms with Gasteiger partial charge in [-0.25, -0.2) is 4.79 Å². The highest BCUT2D eigenvalue weighted by molar-refractivity contribution is 6.17. The van der Waals surface area contributed by atoms with Gasteiger partial charge in [-0.05, 0) is 41.3 Å². The molecule has 0 bridgehead atoms. The topological polar surface area (TPSA) is 89.3 Å². The molecule has 0 spiro atoms.